The number of amides is 2. The molecule has 2 aromatic carbocycles. The molecule has 0 bridgehead atoms. The minimum absolute atomic E-state index is 0.0487. The minimum atomic E-state index is -0.531. The van der Waals surface area contributed by atoms with Crippen molar-refractivity contribution in [3.05, 3.63) is 76.2 Å². The molecule has 0 aliphatic heterocycles. The van der Waals surface area contributed by atoms with Crippen LogP contribution >= 0.6 is 0 Å². The standard InChI is InChI=1S/C20H20N4O3/c1-13-18(19(26)24(23(13)3)17-7-5-4-6-8-17)22-20(27)21-16-11-9-15(10-12-16)14(2)25/h4-12H,1-3H3,(H2,21,22,27). The van der Waals surface area contributed by atoms with Crippen molar-refractivity contribution >= 4 is 23.2 Å². The number of urea groups is 1. The van der Waals surface area contributed by atoms with Crippen LogP contribution in [0, 0.1) is 6.92 Å². The average Bonchev–Trinajstić information content (AvgIpc) is 2.86. The quantitative estimate of drug-likeness (QED) is 0.697. The molecular formula is C20H20N4O3. The maximum Gasteiger partial charge on any atom is 0.323 e. The Labute approximate surface area is 156 Å². The number of anilines is 2. The van der Waals surface area contributed by atoms with Crippen molar-refractivity contribution in [3.8, 4) is 5.69 Å². The number of nitrogens with zero attached hydrogens (tertiary/aromatic N) is 2. The summed E-state index contributed by atoms with van der Waals surface area (Å²) in [4.78, 5) is 36.4. The summed E-state index contributed by atoms with van der Waals surface area (Å²) in [5, 5.41) is 5.28. The summed E-state index contributed by atoms with van der Waals surface area (Å²) in [6.45, 7) is 3.24. The van der Waals surface area contributed by atoms with Crippen molar-refractivity contribution in [1.82, 2.24) is 9.36 Å². The Hall–Kier alpha value is -3.61. The lowest BCUT2D eigenvalue weighted by atomic mass is 10.1. The highest BCUT2D eigenvalue weighted by molar-refractivity contribution is 6.00. The van der Waals surface area contributed by atoms with Crippen molar-refractivity contribution in [2.75, 3.05) is 10.6 Å². The molecule has 3 rings (SSSR count). The summed E-state index contributed by atoms with van der Waals surface area (Å²) < 4.78 is 3.18. The normalized spacial score (nSPS) is 10.5. The van der Waals surface area contributed by atoms with Crippen molar-refractivity contribution < 1.29 is 9.59 Å². The van der Waals surface area contributed by atoms with Crippen LogP contribution in [-0.4, -0.2) is 21.2 Å². The van der Waals surface area contributed by atoms with Gasteiger partial charge in [0, 0.05) is 18.3 Å². The number of para-hydroxylation sites is 1. The van der Waals surface area contributed by atoms with E-state index in [-0.39, 0.29) is 17.0 Å². The summed E-state index contributed by atoms with van der Waals surface area (Å²) in [5.74, 6) is -0.0487. The molecule has 0 saturated heterocycles. The van der Waals surface area contributed by atoms with E-state index in [0.717, 1.165) is 0 Å². The predicted molar refractivity (Wildman–Crippen MR) is 105 cm³/mol. The van der Waals surface area contributed by atoms with Gasteiger partial charge < -0.3 is 10.6 Å². The van der Waals surface area contributed by atoms with Crippen LogP contribution in [0.5, 0.6) is 0 Å². The molecule has 3 aromatic rings. The fourth-order valence-electron chi connectivity index (χ4n) is 2.78. The third-order valence-electron chi connectivity index (χ3n) is 4.34. The number of hydrogen-bond donors (Lipinski definition) is 2. The lowest BCUT2D eigenvalue weighted by Gasteiger charge is -2.07. The Kier molecular flexibility index (Phi) is 4.94. The lowest BCUT2D eigenvalue weighted by Crippen LogP contribution is -2.25. The zero-order valence-electron chi connectivity index (χ0n) is 15.3. The average molecular weight is 364 g/mol. The molecule has 2 amide bonds. The van der Waals surface area contributed by atoms with Crippen molar-refractivity contribution in [2.24, 2.45) is 7.05 Å². The van der Waals surface area contributed by atoms with Crippen LogP contribution in [0.3, 0.4) is 0 Å². The SMILES string of the molecule is CC(=O)c1ccc(NC(=O)Nc2c(C)n(C)n(-c3ccccc3)c2=O)cc1. The van der Waals surface area contributed by atoms with Gasteiger partial charge in [0.1, 0.15) is 5.69 Å². The van der Waals surface area contributed by atoms with Crippen LogP contribution in [-0.2, 0) is 7.05 Å². The third-order valence-corrected chi connectivity index (χ3v) is 4.34. The molecule has 0 unspecified atom stereocenters. The molecule has 7 nitrogen and oxygen atoms in total. The molecule has 0 aliphatic carbocycles. The Morgan fingerprint density at radius 3 is 2.15 bits per heavy atom. The summed E-state index contributed by atoms with van der Waals surface area (Å²) >= 11 is 0. The van der Waals surface area contributed by atoms with Gasteiger partial charge in [0.2, 0.25) is 0 Å². The first kappa shape index (κ1) is 18.2. The fraction of sp³-hybridized carbons (Fsp3) is 0.150. The number of Topliss-reactive ketones (excluding diaryl/α,β-unsaturated/α-hetero) is 1. The van der Waals surface area contributed by atoms with E-state index >= 15 is 0 Å². The van der Waals surface area contributed by atoms with Crippen LogP contribution in [0.1, 0.15) is 23.0 Å². The number of aromatic nitrogens is 2. The van der Waals surface area contributed by atoms with E-state index in [0.29, 0.717) is 22.6 Å². The molecule has 27 heavy (non-hydrogen) atoms. The van der Waals surface area contributed by atoms with Gasteiger partial charge in [-0.2, -0.15) is 0 Å². The largest absolute Gasteiger partial charge is 0.323 e. The second kappa shape index (κ2) is 7.33. The summed E-state index contributed by atoms with van der Waals surface area (Å²) in [5.41, 5.74) is 2.31. The van der Waals surface area contributed by atoms with Gasteiger partial charge in [0.15, 0.2) is 5.78 Å². The topological polar surface area (TPSA) is 85.1 Å². The van der Waals surface area contributed by atoms with E-state index in [2.05, 4.69) is 10.6 Å². The number of hydrogen-bond acceptors (Lipinski definition) is 3. The highest BCUT2D eigenvalue weighted by Gasteiger charge is 2.18. The zero-order valence-corrected chi connectivity index (χ0v) is 15.3. The molecule has 1 aromatic heterocycles. The molecule has 0 fully saturated rings. The number of carbonyl (C=O) groups excluding carboxylic acids is 2. The number of rotatable bonds is 4. The van der Waals surface area contributed by atoms with Crippen molar-refractivity contribution in [1.29, 1.82) is 0 Å². The summed E-state index contributed by atoms with van der Waals surface area (Å²) in [7, 11) is 1.76. The van der Waals surface area contributed by atoms with Gasteiger partial charge in [-0.15, -0.1) is 0 Å². The first-order chi connectivity index (χ1) is 12.9. The van der Waals surface area contributed by atoms with Gasteiger partial charge in [-0.05, 0) is 50.2 Å². The van der Waals surface area contributed by atoms with Crippen molar-refractivity contribution in [2.45, 2.75) is 13.8 Å². The molecule has 138 valence electrons. The number of nitrogens with one attached hydrogen (secondary N) is 2. The molecule has 0 atom stereocenters. The molecule has 7 heteroatoms. The van der Waals surface area contributed by atoms with E-state index in [9.17, 15) is 14.4 Å². The van der Waals surface area contributed by atoms with Gasteiger partial charge >= 0.3 is 6.03 Å². The molecule has 0 aliphatic rings. The van der Waals surface area contributed by atoms with E-state index in [1.807, 2.05) is 30.3 Å². The van der Waals surface area contributed by atoms with Gasteiger partial charge in [0.25, 0.3) is 5.56 Å². The molecule has 0 radical (unpaired) electrons. The maximum absolute atomic E-state index is 12.8. The second-order valence-corrected chi connectivity index (χ2v) is 6.15. The molecule has 2 N–H and O–H groups in total. The van der Waals surface area contributed by atoms with E-state index in [1.165, 1.54) is 11.6 Å². The Balaban J connectivity index is 1.82. The number of ketones is 1. The molecule has 0 spiro atoms. The van der Waals surface area contributed by atoms with Gasteiger partial charge in [-0.25, -0.2) is 9.48 Å². The third kappa shape index (κ3) is 3.67. The zero-order chi connectivity index (χ0) is 19.6. The summed E-state index contributed by atoms with van der Waals surface area (Å²) in [6.07, 6.45) is 0. The van der Waals surface area contributed by atoms with Crippen LogP contribution in [0.2, 0.25) is 0 Å². The summed E-state index contributed by atoms with van der Waals surface area (Å²) in [6, 6.07) is 15.2. The van der Waals surface area contributed by atoms with E-state index < -0.39 is 6.03 Å². The number of carbonyl (C=O) groups is 2. The molecule has 1 heterocycles. The lowest BCUT2D eigenvalue weighted by molar-refractivity contribution is 0.101. The highest BCUT2D eigenvalue weighted by Crippen LogP contribution is 2.15. The highest BCUT2D eigenvalue weighted by atomic mass is 16.2. The van der Waals surface area contributed by atoms with Gasteiger partial charge in [-0.1, -0.05) is 18.2 Å². The maximum atomic E-state index is 12.8. The minimum Gasteiger partial charge on any atom is -0.308 e. The van der Waals surface area contributed by atoms with E-state index in [4.69, 9.17) is 0 Å². The predicted octanol–water partition coefficient (Wildman–Crippen LogP) is 3.33. The monoisotopic (exact) mass is 364 g/mol. The van der Waals surface area contributed by atoms with Gasteiger partial charge in [0.05, 0.1) is 11.4 Å². The molecule has 0 saturated carbocycles. The van der Waals surface area contributed by atoms with Crippen LogP contribution in [0.4, 0.5) is 16.2 Å². The fourth-order valence-corrected chi connectivity index (χ4v) is 2.78. The van der Waals surface area contributed by atoms with Crippen LogP contribution in [0.15, 0.2) is 59.4 Å². The van der Waals surface area contributed by atoms with Crippen LogP contribution < -0.4 is 16.2 Å². The second-order valence-electron chi connectivity index (χ2n) is 6.15. The first-order valence-electron chi connectivity index (χ1n) is 8.41. The number of benzene rings is 2. The Morgan fingerprint density at radius 2 is 1.56 bits per heavy atom. The Bertz CT molecular complexity index is 1050. The van der Waals surface area contributed by atoms with Gasteiger partial charge in [-0.3, -0.25) is 14.3 Å². The van der Waals surface area contributed by atoms with E-state index in [1.54, 1.807) is 42.9 Å². The smallest absolute Gasteiger partial charge is 0.308 e. The Morgan fingerprint density at radius 1 is 0.926 bits per heavy atom. The first-order valence-corrected chi connectivity index (χ1v) is 8.41. The van der Waals surface area contributed by atoms with Crippen molar-refractivity contribution in [3.63, 3.8) is 0 Å². The molecular weight excluding hydrogens is 344 g/mol. The van der Waals surface area contributed by atoms with Crippen LogP contribution in [0.25, 0.3) is 5.69 Å².